The highest BCUT2D eigenvalue weighted by molar-refractivity contribution is 5.94. The molecular formula is C27H34F3N3O2. The second kappa shape index (κ2) is 10.8. The quantitative estimate of drug-likeness (QED) is 0.518. The van der Waals surface area contributed by atoms with Crippen LogP contribution in [-0.4, -0.2) is 56.6 Å². The highest BCUT2D eigenvalue weighted by atomic mass is 19.4. The Morgan fingerprint density at radius 1 is 1.09 bits per heavy atom. The Hall–Kier alpha value is -2.87. The van der Waals surface area contributed by atoms with E-state index in [0.29, 0.717) is 24.1 Å². The molecule has 3 rings (SSSR count). The minimum atomic E-state index is -4.35. The van der Waals surface area contributed by atoms with Gasteiger partial charge in [-0.25, -0.2) is 0 Å². The lowest BCUT2D eigenvalue weighted by atomic mass is 9.80. The summed E-state index contributed by atoms with van der Waals surface area (Å²) in [7, 11) is 5.39. The Bertz CT molecular complexity index is 1030. The predicted molar refractivity (Wildman–Crippen MR) is 130 cm³/mol. The van der Waals surface area contributed by atoms with Gasteiger partial charge in [0.15, 0.2) is 0 Å². The maximum Gasteiger partial charge on any atom is 0.395 e. The number of hydrogen-bond acceptors (Lipinski definition) is 3. The molecule has 8 heteroatoms. The van der Waals surface area contributed by atoms with E-state index in [1.54, 1.807) is 43.4 Å². The number of carbonyl (C=O) groups excluding carboxylic acids is 2. The van der Waals surface area contributed by atoms with Crippen molar-refractivity contribution < 1.29 is 22.8 Å². The highest BCUT2D eigenvalue weighted by Gasteiger charge is 2.67. The number of nitrogens with zero attached hydrogens (tertiary/aromatic N) is 1. The summed E-state index contributed by atoms with van der Waals surface area (Å²) in [6, 6.07) is 14.0. The van der Waals surface area contributed by atoms with Gasteiger partial charge in [0.05, 0.1) is 5.41 Å². The van der Waals surface area contributed by atoms with Crippen LogP contribution in [0, 0.1) is 12.3 Å². The molecule has 5 nitrogen and oxygen atoms in total. The van der Waals surface area contributed by atoms with Gasteiger partial charge in [-0.2, -0.15) is 13.2 Å². The summed E-state index contributed by atoms with van der Waals surface area (Å²) in [5.41, 5.74) is 1.31. The van der Waals surface area contributed by atoms with Crippen LogP contribution >= 0.6 is 0 Å². The molecule has 2 amide bonds. The lowest BCUT2D eigenvalue weighted by Gasteiger charge is -2.30. The van der Waals surface area contributed by atoms with Crippen LogP contribution in [0.2, 0.25) is 0 Å². The molecule has 0 aromatic heterocycles. The average molecular weight is 490 g/mol. The van der Waals surface area contributed by atoms with Crippen LogP contribution in [0.1, 0.15) is 52.2 Å². The van der Waals surface area contributed by atoms with Gasteiger partial charge in [-0.05, 0) is 69.1 Å². The van der Waals surface area contributed by atoms with Crippen molar-refractivity contribution in [1.82, 2.24) is 15.5 Å². The molecular weight excluding hydrogens is 455 g/mol. The predicted octanol–water partition coefficient (Wildman–Crippen LogP) is 4.46. The second-order valence-corrected chi connectivity index (χ2v) is 9.67. The fourth-order valence-corrected chi connectivity index (χ4v) is 4.67. The van der Waals surface area contributed by atoms with Crippen molar-refractivity contribution in [1.29, 1.82) is 0 Å². The second-order valence-electron chi connectivity index (χ2n) is 9.67. The molecule has 1 aliphatic carbocycles. The van der Waals surface area contributed by atoms with Gasteiger partial charge in [0.1, 0.15) is 0 Å². The van der Waals surface area contributed by atoms with Crippen LogP contribution in [-0.2, 0) is 11.2 Å². The summed E-state index contributed by atoms with van der Waals surface area (Å²) in [5.74, 6) is -1.44. The standard InChI is InChI=1S/C27H34F3N3O2/c1-18-14-21(25(35)31-2)11-10-20(18)15-22(33(3)4)17-32-24(34)16-23(19-8-6-5-7-9-19)26(12-13-26)27(28,29)30/h5-11,14,22-23H,12-13,15-17H2,1-4H3,(H,31,35)(H,32,34)/t22-,23?/m0/s1. The molecule has 190 valence electrons. The molecule has 0 bridgehead atoms. The monoisotopic (exact) mass is 489 g/mol. The third kappa shape index (κ3) is 6.23. The Labute approximate surface area is 205 Å². The number of aryl methyl sites for hydroxylation is 1. The smallest absolute Gasteiger partial charge is 0.355 e. The number of amides is 2. The first-order chi connectivity index (χ1) is 16.5. The maximum atomic E-state index is 13.9. The molecule has 0 saturated heterocycles. The molecule has 0 spiro atoms. The zero-order chi connectivity index (χ0) is 25.8. The van der Waals surface area contributed by atoms with Gasteiger partial charge in [0, 0.05) is 37.5 Å². The Morgan fingerprint density at radius 3 is 2.26 bits per heavy atom. The summed E-state index contributed by atoms with van der Waals surface area (Å²) >= 11 is 0. The van der Waals surface area contributed by atoms with Crippen molar-refractivity contribution in [3.05, 3.63) is 70.8 Å². The highest BCUT2D eigenvalue weighted by Crippen LogP contribution is 2.66. The zero-order valence-electron chi connectivity index (χ0n) is 20.7. The van der Waals surface area contributed by atoms with E-state index in [-0.39, 0.29) is 37.1 Å². The van der Waals surface area contributed by atoms with Gasteiger partial charge in [-0.3, -0.25) is 9.59 Å². The molecule has 1 aliphatic rings. The van der Waals surface area contributed by atoms with E-state index in [9.17, 15) is 22.8 Å². The van der Waals surface area contributed by atoms with Crippen molar-refractivity contribution in [2.75, 3.05) is 27.7 Å². The van der Waals surface area contributed by atoms with Crippen LogP contribution < -0.4 is 10.6 Å². The lowest BCUT2D eigenvalue weighted by molar-refractivity contribution is -0.194. The number of rotatable bonds is 10. The summed E-state index contributed by atoms with van der Waals surface area (Å²) in [6.45, 7) is 2.24. The first-order valence-electron chi connectivity index (χ1n) is 11.8. The Morgan fingerprint density at radius 2 is 1.74 bits per heavy atom. The molecule has 2 N–H and O–H groups in total. The summed E-state index contributed by atoms with van der Waals surface area (Å²) < 4.78 is 41.8. The first-order valence-corrected chi connectivity index (χ1v) is 11.8. The molecule has 35 heavy (non-hydrogen) atoms. The summed E-state index contributed by atoms with van der Waals surface area (Å²) in [4.78, 5) is 26.7. The minimum Gasteiger partial charge on any atom is -0.355 e. The molecule has 1 saturated carbocycles. The number of hydrogen-bond donors (Lipinski definition) is 2. The largest absolute Gasteiger partial charge is 0.395 e. The van der Waals surface area contributed by atoms with Crippen LogP contribution in [0.3, 0.4) is 0 Å². The molecule has 2 atom stereocenters. The van der Waals surface area contributed by atoms with Gasteiger partial charge in [0.2, 0.25) is 5.91 Å². The van der Waals surface area contributed by atoms with Gasteiger partial charge in [-0.15, -0.1) is 0 Å². The van der Waals surface area contributed by atoms with Gasteiger partial charge < -0.3 is 15.5 Å². The average Bonchev–Trinajstić information content (AvgIpc) is 3.63. The maximum absolute atomic E-state index is 13.9. The van der Waals surface area contributed by atoms with Gasteiger partial charge >= 0.3 is 6.18 Å². The van der Waals surface area contributed by atoms with Crippen LogP contribution in [0.25, 0.3) is 0 Å². The fourth-order valence-electron chi connectivity index (χ4n) is 4.67. The first kappa shape index (κ1) is 26.7. The van der Waals surface area contributed by atoms with Crippen molar-refractivity contribution in [2.45, 2.75) is 50.7 Å². The molecule has 2 aromatic rings. The van der Waals surface area contributed by atoms with Crippen molar-refractivity contribution in [2.24, 2.45) is 5.41 Å². The topological polar surface area (TPSA) is 61.4 Å². The summed E-state index contributed by atoms with van der Waals surface area (Å²) in [6.07, 6.45) is -3.83. The number of halogens is 3. The Kier molecular flexibility index (Phi) is 8.26. The lowest BCUT2D eigenvalue weighted by Crippen LogP contribution is -2.43. The third-order valence-corrected chi connectivity index (χ3v) is 7.16. The molecule has 0 aliphatic heterocycles. The molecule has 0 radical (unpaired) electrons. The van der Waals surface area contributed by atoms with E-state index in [0.717, 1.165) is 11.1 Å². The SMILES string of the molecule is CNC(=O)c1ccc(C[C@@H](CNC(=O)CC(c2ccccc2)C2(C(F)(F)F)CC2)N(C)C)c(C)c1. The van der Waals surface area contributed by atoms with E-state index in [1.165, 1.54) is 0 Å². The zero-order valence-corrected chi connectivity index (χ0v) is 20.7. The molecule has 1 fully saturated rings. The number of alkyl halides is 3. The van der Waals surface area contributed by atoms with Crippen molar-refractivity contribution in [3.8, 4) is 0 Å². The van der Waals surface area contributed by atoms with Crippen molar-refractivity contribution >= 4 is 11.8 Å². The van der Waals surface area contributed by atoms with Crippen molar-refractivity contribution in [3.63, 3.8) is 0 Å². The number of likely N-dealkylation sites (N-methyl/N-ethyl adjacent to an activating group) is 1. The van der Waals surface area contributed by atoms with Crippen LogP contribution in [0.4, 0.5) is 13.2 Å². The number of carbonyl (C=O) groups is 2. The van der Waals surface area contributed by atoms with Gasteiger partial charge in [0.25, 0.3) is 5.91 Å². The third-order valence-electron chi connectivity index (χ3n) is 7.16. The van der Waals surface area contributed by atoms with E-state index < -0.39 is 17.5 Å². The number of nitrogens with one attached hydrogen (secondary N) is 2. The van der Waals surface area contributed by atoms with E-state index in [1.807, 2.05) is 38.1 Å². The minimum absolute atomic E-state index is 0.0506. The molecule has 0 heterocycles. The van der Waals surface area contributed by atoms with Gasteiger partial charge in [-0.1, -0.05) is 36.4 Å². The normalized spacial score (nSPS) is 16.5. The summed E-state index contributed by atoms with van der Waals surface area (Å²) in [5, 5.41) is 5.49. The van der Waals surface area contributed by atoms with E-state index in [2.05, 4.69) is 10.6 Å². The molecule has 1 unspecified atom stereocenters. The number of benzene rings is 2. The fraction of sp³-hybridized carbons (Fsp3) is 0.481. The molecule has 2 aromatic carbocycles. The van der Waals surface area contributed by atoms with E-state index in [4.69, 9.17) is 0 Å². The van der Waals surface area contributed by atoms with E-state index >= 15 is 0 Å². The van der Waals surface area contributed by atoms with Crippen LogP contribution in [0.15, 0.2) is 48.5 Å². The van der Waals surface area contributed by atoms with Crippen LogP contribution in [0.5, 0.6) is 0 Å². The Balaban J connectivity index is 1.68.